The maximum atomic E-state index is 13.5. The van der Waals surface area contributed by atoms with E-state index < -0.39 is 6.10 Å². The van der Waals surface area contributed by atoms with E-state index in [1.807, 2.05) is 0 Å². The molecule has 1 aromatic rings. The predicted octanol–water partition coefficient (Wildman–Crippen LogP) is 3.26. The van der Waals surface area contributed by atoms with E-state index in [1.165, 1.54) is 0 Å². The largest absolute Gasteiger partial charge is 0.389 e. The smallest absolute Gasteiger partial charge is 0.132 e. The fourth-order valence-electron chi connectivity index (χ4n) is 1.36. The zero-order valence-corrected chi connectivity index (χ0v) is 9.44. The van der Waals surface area contributed by atoms with Crippen molar-refractivity contribution in [3.63, 3.8) is 0 Å². The van der Waals surface area contributed by atoms with Gasteiger partial charge in [-0.05, 0) is 38.0 Å². The first-order valence-corrected chi connectivity index (χ1v) is 4.87. The SMILES string of the molecule is Cc1cc(Br)c(C)c(C(C)O)c1F. The van der Waals surface area contributed by atoms with Gasteiger partial charge in [0.25, 0.3) is 0 Å². The van der Waals surface area contributed by atoms with Crippen LogP contribution in [0.4, 0.5) is 4.39 Å². The summed E-state index contributed by atoms with van der Waals surface area (Å²) in [6.07, 6.45) is -0.767. The first-order chi connectivity index (χ1) is 5.95. The molecular weight excluding hydrogens is 235 g/mol. The highest BCUT2D eigenvalue weighted by Gasteiger charge is 2.15. The molecule has 0 amide bonds. The van der Waals surface area contributed by atoms with Crippen molar-refractivity contribution in [2.75, 3.05) is 0 Å². The molecular formula is C10H12BrFO. The highest BCUT2D eigenvalue weighted by atomic mass is 79.9. The fourth-order valence-corrected chi connectivity index (χ4v) is 1.92. The van der Waals surface area contributed by atoms with Gasteiger partial charge in [-0.2, -0.15) is 0 Å². The monoisotopic (exact) mass is 246 g/mol. The number of hydrogen-bond donors (Lipinski definition) is 1. The summed E-state index contributed by atoms with van der Waals surface area (Å²) in [5.74, 6) is -0.310. The van der Waals surface area contributed by atoms with Crippen molar-refractivity contribution in [2.45, 2.75) is 26.9 Å². The van der Waals surface area contributed by atoms with Crippen LogP contribution in [0.15, 0.2) is 10.5 Å². The van der Waals surface area contributed by atoms with E-state index in [0.29, 0.717) is 11.1 Å². The number of benzene rings is 1. The minimum Gasteiger partial charge on any atom is -0.389 e. The van der Waals surface area contributed by atoms with Crippen molar-refractivity contribution in [3.05, 3.63) is 33.0 Å². The van der Waals surface area contributed by atoms with Gasteiger partial charge in [0.2, 0.25) is 0 Å². The molecule has 0 saturated heterocycles. The van der Waals surface area contributed by atoms with Crippen molar-refractivity contribution in [1.82, 2.24) is 0 Å². The van der Waals surface area contributed by atoms with Crippen molar-refractivity contribution in [3.8, 4) is 0 Å². The Hall–Kier alpha value is -0.410. The first-order valence-electron chi connectivity index (χ1n) is 4.08. The molecule has 1 nitrogen and oxygen atoms in total. The minimum absolute atomic E-state index is 0.310. The lowest BCUT2D eigenvalue weighted by atomic mass is 10.0. The van der Waals surface area contributed by atoms with E-state index in [0.717, 1.165) is 10.0 Å². The van der Waals surface area contributed by atoms with Crippen LogP contribution >= 0.6 is 15.9 Å². The summed E-state index contributed by atoms with van der Waals surface area (Å²) in [7, 11) is 0. The van der Waals surface area contributed by atoms with Crippen molar-refractivity contribution in [2.24, 2.45) is 0 Å². The van der Waals surface area contributed by atoms with Crippen LogP contribution in [0.1, 0.15) is 29.7 Å². The van der Waals surface area contributed by atoms with Gasteiger partial charge >= 0.3 is 0 Å². The molecule has 0 aliphatic heterocycles. The zero-order valence-electron chi connectivity index (χ0n) is 7.86. The van der Waals surface area contributed by atoms with Crippen molar-refractivity contribution in [1.29, 1.82) is 0 Å². The third-order valence-electron chi connectivity index (χ3n) is 2.11. The summed E-state index contributed by atoms with van der Waals surface area (Å²) >= 11 is 3.32. The number of aryl methyl sites for hydroxylation is 1. The number of aliphatic hydroxyl groups is 1. The molecule has 1 aromatic carbocycles. The lowest BCUT2D eigenvalue weighted by molar-refractivity contribution is 0.193. The third-order valence-corrected chi connectivity index (χ3v) is 2.93. The Labute approximate surface area is 85.7 Å². The van der Waals surface area contributed by atoms with Crippen LogP contribution in [0.25, 0.3) is 0 Å². The Morgan fingerprint density at radius 2 is 2.00 bits per heavy atom. The van der Waals surface area contributed by atoms with Crippen LogP contribution in [0, 0.1) is 19.7 Å². The van der Waals surface area contributed by atoms with Crippen LogP contribution < -0.4 is 0 Å². The highest BCUT2D eigenvalue weighted by Crippen LogP contribution is 2.29. The summed E-state index contributed by atoms with van der Waals surface area (Å²) in [6.45, 7) is 5.04. The second-order valence-corrected chi connectivity index (χ2v) is 4.06. The molecule has 0 spiro atoms. The van der Waals surface area contributed by atoms with Crippen LogP contribution in [-0.2, 0) is 0 Å². The maximum Gasteiger partial charge on any atom is 0.132 e. The summed E-state index contributed by atoms with van der Waals surface area (Å²) in [5, 5.41) is 9.37. The minimum atomic E-state index is -0.767. The molecule has 13 heavy (non-hydrogen) atoms. The molecule has 0 aromatic heterocycles. The quantitative estimate of drug-likeness (QED) is 0.807. The Bertz CT molecular complexity index is 308. The molecule has 1 unspecified atom stereocenters. The topological polar surface area (TPSA) is 20.2 Å². The van der Waals surface area contributed by atoms with Crippen LogP contribution in [0.5, 0.6) is 0 Å². The summed E-state index contributed by atoms with van der Waals surface area (Å²) in [6, 6.07) is 1.72. The molecule has 0 saturated carbocycles. The Kier molecular flexibility index (Phi) is 3.09. The van der Waals surface area contributed by atoms with Gasteiger partial charge in [0.05, 0.1) is 6.10 Å². The summed E-state index contributed by atoms with van der Waals surface area (Å²) in [4.78, 5) is 0. The molecule has 0 bridgehead atoms. The number of halogens is 2. The molecule has 0 aliphatic rings. The van der Waals surface area contributed by atoms with Gasteiger partial charge in [-0.1, -0.05) is 15.9 Å². The average Bonchev–Trinajstić information content (AvgIpc) is 2.01. The molecule has 0 radical (unpaired) electrons. The van der Waals surface area contributed by atoms with E-state index in [-0.39, 0.29) is 5.82 Å². The third kappa shape index (κ3) is 1.92. The predicted molar refractivity (Wildman–Crippen MR) is 54.2 cm³/mol. The number of aliphatic hydroxyl groups excluding tert-OH is 1. The second-order valence-electron chi connectivity index (χ2n) is 3.20. The normalized spacial score (nSPS) is 13.1. The lowest BCUT2D eigenvalue weighted by Gasteiger charge is -2.13. The highest BCUT2D eigenvalue weighted by molar-refractivity contribution is 9.10. The van der Waals surface area contributed by atoms with Gasteiger partial charge in [0.15, 0.2) is 0 Å². The van der Waals surface area contributed by atoms with E-state index in [4.69, 9.17) is 0 Å². The van der Waals surface area contributed by atoms with E-state index in [2.05, 4.69) is 15.9 Å². The Morgan fingerprint density at radius 3 is 2.46 bits per heavy atom. The van der Waals surface area contributed by atoms with Crippen molar-refractivity contribution >= 4 is 15.9 Å². The van der Waals surface area contributed by atoms with Gasteiger partial charge in [-0.15, -0.1) is 0 Å². The summed E-state index contributed by atoms with van der Waals surface area (Å²) in [5.41, 5.74) is 1.69. The first kappa shape index (κ1) is 10.7. The number of hydrogen-bond acceptors (Lipinski definition) is 1. The van der Waals surface area contributed by atoms with Gasteiger partial charge in [-0.25, -0.2) is 4.39 Å². The fraction of sp³-hybridized carbons (Fsp3) is 0.400. The van der Waals surface area contributed by atoms with Crippen LogP contribution in [-0.4, -0.2) is 5.11 Å². The maximum absolute atomic E-state index is 13.5. The van der Waals surface area contributed by atoms with Gasteiger partial charge < -0.3 is 5.11 Å². The Morgan fingerprint density at radius 1 is 1.46 bits per heavy atom. The molecule has 72 valence electrons. The lowest BCUT2D eigenvalue weighted by Crippen LogP contribution is -2.02. The molecule has 1 rings (SSSR count). The standard InChI is InChI=1S/C10H12BrFO/c1-5-4-8(11)6(2)9(7(3)13)10(5)12/h4,7,13H,1-3H3. The van der Waals surface area contributed by atoms with Crippen LogP contribution in [0.3, 0.4) is 0 Å². The van der Waals surface area contributed by atoms with Gasteiger partial charge in [0, 0.05) is 10.0 Å². The molecule has 0 aliphatic carbocycles. The molecule has 0 fully saturated rings. The zero-order chi connectivity index (χ0) is 10.2. The Balaban J connectivity index is 3.46. The molecule has 3 heteroatoms. The second kappa shape index (κ2) is 3.76. The molecule has 1 N–H and O–H groups in total. The average molecular weight is 247 g/mol. The van der Waals surface area contributed by atoms with E-state index in [9.17, 15) is 9.50 Å². The van der Waals surface area contributed by atoms with E-state index in [1.54, 1.807) is 26.8 Å². The molecule has 0 heterocycles. The van der Waals surface area contributed by atoms with Crippen LogP contribution in [0.2, 0.25) is 0 Å². The van der Waals surface area contributed by atoms with Gasteiger partial charge in [-0.3, -0.25) is 0 Å². The summed E-state index contributed by atoms with van der Waals surface area (Å²) < 4.78 is 14.3. The number of rotatable bonds is 1. The van der Waals surface area contributed by atoms with Crippen molar-refractivity contribution < 1.29 is 9.50 Å². The van der Waals surface area contributed by atoms with E-state index >= 15 is 0 Å². The molecule has 1 atom stereocenters. The van der Waals surface area contributed by atoms with Gasteiger partial charge in [0.1, 0.15) is 5.82 Å².